The second-order valence-electron chi connectivity index (χ2n) is 5.10. The quantitative estimate of drug-likeness (QED) is 0.664. The minimum atomic E-state index is 0.322. The number of β-amino-alcohol motifs (C(OH)–C–C–N with tert-alkyl or cyclic N) is 1. The summed E-state index contributed by atoms with van der Waals surface area (Å²) in [5.74, 6) is 3.53. The van der Waals surface area contributed by atoms with Crippen LogP contribution < -0.4 is 0 Å². The second kappa shape index (κ2) is 3.35. The Bertz CT molecular complexity index is 229. The molecule has 14 heavy (non-hydrogen) atoms. The van der Waals surface area contributed by atoms with Gasteiger partial charge in [0.25, 0.3) is 0 Å². The molecule has 0 spiro atoms. The van der Waals surface area contributed by atoms with Crippen LogP contribution in [0.25, 0.3) is 0 Å². The highest BCUT2D eigenvalue weighted by molar-refractivity contribution is 5.12. The highest BCUT2D eigenvalue weighted by Gasteiger charge is 2.45. The molecule has 1 heterocycles. The van der Waals surface area contributed by atoms with Crippen molar-refractivity contribution >= 4 is 0 Å². The van der Waals surface area contributed by atoms with Gasteiger partial charge in [-0.2, -0.15) is 0 Å². The van der Waals surface area contributed by atoms with Gasteiger partial charge in [-0.3, -0.25) is 0 Å². The molecule has 4 aliphatic rings. The van der Waals surface area contributed by atoms with E-state index in [4.69, 9.17) is 5.11 Å². The molecule has 1 aliphatic heterocycles. The molecule has 2 fully saturated rings. The summed E-state index contributed by atoms with van der Waals surface area (Å²) in [6.45, 7) is 3.67. The van der Waals surface area contributed by atoms with Crippen molar-refractivity contribution in [1.29, 1.82) is 0 Å². The van der Waals surface area contributed by atoms with Crippen LogP contribution in [0.1, 0.15) is 12.8 Å². The van der Waals surface area contributed by atoms with E-state index in [0.29, 0.717) is 6.61 Å². The third-order valence-corrected chi connectivity index (χ3v) is 4.44. The number of likely N-dealkylation sites (tertiary alicyclic amines) is 1. The van der Waals surface area contributed by atoms with Crippen LogP contribution in [0.2, 0.25) is 0 Å². The first kappa shape index (κ1) is 8.93. The lowest BCUT2D eigenvalue weighted by molar-refractivity contribution is 0.169. The summed E-state index contributed by atoms with van der Waals surface area (Å²) in [4.78, 5) is 2.45. The summed E-state index contributed by atoms with van der Waals surface area (Å²) in [5.41, 5.74) is 0. The molecule has 4 rings (SSSR count). The SMILES string of the molecule is OCCN1CC2C3C=CC(CC3)C2C1. The summed E-state index contributed by atoms with van der Waals surface area (Å²) in [6.07, 6.45) is 7.74. The molecule has 1 saturated heterocycles. The van der Waals surface area contributed by atoms with Gasteiger partial charge in [0.15, 0.2) is 0 Å². The van der Waals surface area contributed by atoms with E-state index in [1.54, 1.807) is 0 Å². The van der Waals surface area contributed by atoms with Gasteiger partial charge in [-0.15, -0.1) is 0 Å². The molecular weight excluding hydrogens is 174 g/mol. The maximum absolute atomic E-state index is 8.95. The summed E-state index contributed by atoms with van der Waals surface area (Å²) in [6, 6.07) is 0. The van der Waals surface area contributed by atoms with Crippen molar-refractivity contribution in [3.05, 3.63) is 12.2 Å². The first-order valence-corrected chi connectivity index (χ1v) is 5.90. The Hall–Kier alpha value is -0.340. The Morgan fingerprint density at radius 1 is 1.07 bits per heavy atom. The minimum absolute atomic E-state index is 0.322. The minimum Gasteiger partial charge on any atom is -0.395 e. The van der Waals surface area contributed by atoms with Crippen LogP contribution in [-0.4, -0.2) is 36.2 Å². The molecule has 0 aromatic heterocycles. The molecule has 0 radical (unpaired) electrons. The van der Waals surface area contributed by atoms with Gasteiger partial charge in [-0.05, 0) is 36.5 Å². The number of hydrogen-bond acceptors (Lipinski definition) is 2. The van der Waals surface area contributed by atoms with Crippen molar-refractivity contribution in [3.8, 4) is 0 Å². The van der Waals surface area contributed by atoms with Crippen LogP contribution in [0.5, 0.6) is 0 Å². The van der Waals surface area contributed by atoms with E-state index in [9.17, 15) is 0 Å². The third kappa shape index (κ3) is 1.24. The smallest absolute Gasteiger partial charge is 0.0558 e. The fourth-order valence-electron chi connectivity index (χ4n) is 3.75. The van der Waals surface area contributed by atoms with Crippen molar-refractivity contribution < 1.29 is 5.11 Å². The monoisotopic (exact) mass is 193 g/mol. The Labute approximate surface area is 85.6 Å². The molecule has 2 heteroatoms. The molecule has 3 aliphatic carbocycles. The van der Waals surface area contributed by atoms with Crippen LogP contribution in [-0.2, 0) is 0 Å². The summed E-state index contributed by atoms with van der Waals surface area (Å²) < 4.78 is 0. The molecule has 2 nitrogen and oxygen atoms in total. The molecule has 2 bridgehead atoms. The fraction of sp³-hybridized carbons (Fsp3) is 0.833. The van der Waals surface area contributed by atoms with Crippen molar-refractivity contribution in [3.63, 3.8) is 0 Å². The van der Waals surface area contributed by atoms with Crippen LogP contribution in [0, 0.1) is 23.7 Å². The van der Waals surface area contributed by atoms with Gasteiger partial charge in [-0.25, -0.2) is 0 Å². The normalized spacial score (nSPS) is 45.8. The van der Waals surface area contributed by atoms with E-state index in [0.717, 1.165) is 30.2 Å². The number of aliphatic hydroxyl groups is 1. The summed E-state index contributed by atoms with van der Waals surface area (Å²) in [5, 5.41) is 8.95. The molecule has 1 saturated carbocycles. The van der Waals surface area contributed by atoms with Gasteiger partial charge in [0.1, 0.15) is 0 Å². The molecule has 1 N–H and O–H groups in total. The Kier molecular flexibility index (Phi) is 2.14. The topological polar surface area (TPSA) is 23.5 Å². The third-order valence-electron chi connectivity index (χ3n) is 4.44. The first-order chi connectivity index (χ1) is 6.88. The maximum atomic E-state index is 8.95. The zero-order valence-electron chi connectivity index (χ0n) is 8.60. The summed E-state index contributed by atoms with van der Waals surface area (Å²) >= 11 is 0. The number of allylic oxidation sites excluding steroid dienone is 2. The van der Waals surface area contributed by atoms with Gasteiger partial charge >= 0.3 is 0 Å². The van der Waals surface area contributed by atoms with E-state index in [-0.39, 0.29) is 0 Å². The Morgan fingerprint density at radius 3 is 2.07 bits per heavy atom. The maximum Gasteiger partial charge on any atom is 0.0558 e. The molecule has 78 valence electrons. The average Bonchev–Trinajstić information content (AvgIpc) is 2.65. The standard InChI is InChI=1S/C12H19NO/c14-6-5-13-7-11-9-1-2-10(4-3-9)12(11)8-13/h1-2,9-12,14H,3-8H2. The van der Waals surface area contributed by atoms with Crippen LogP contribution in [0.15, 0.2) is 12.2 Å². The van der Waals surface area contributed by atoms with Gasteiger partial charge in [0.05, 0.1) is 6.61 Å². The van der Waals surface area contributed by atoms with E-state index in [1.807, 2.05) is 0 Å². The number of aliphatic hydroxyl groups excluding tert-OH is 1. The van der Waals surface area contributed by atoms with Crippen LogP contribution >= 0.6 is 0 Å². The van der Waals surface area contributed by atoms with Crippen LogP contribution in [0.3, 0.4) is 0 Å². The lowest BCUT2D eigenvalue weighted by atomic mass is 9.64. The summed E-state index contributed by atoms with van der Waals surface area (Å²) in [7, 11) is 0. The van der Waals surface area contributed by atoms with Gasteiger partial charge in [0, 0.05) is 19.6 Å². The fourth-order valence-corrected chi connectivity index (χ4v) is 3.75. The van der Waals surface area contributed by atoms with Gasteiger partial charge in [0.2, 0.25) is 0 Å². The molecule has 0 aromatic rings. The van der Waals surface area contributed by atoms with Crippen molar-refractivity contribution in [2.45, 2.75) is 12.8 Å². The molecule has 0 amide bonds. The highest BCUT2D eigenvalue weighted by Crippen LogP contribution is 2.48. The van der Waals surface area contributed by atoms with Crippen molar-refractivity contribution in [1.82, 2.24) is 4.90 Å². The van der Waals surface area contributed by atoms with E-state index in [2.05, 4.69) is 17.1 Å². The average molecular weight is 193 g/mol. The highest BCUT2D eigenvalue weighted by atomic mass is 16.3. The molecule has 0 aromatic carbocycles. The Morgan fingerprint density at radius 2 is 1.64 bits per heavy atom. The van der Waals surface area contributed by atoms with E-state index >= 15 is 0 Å². The van der Waals surface area contributed by atoms with Gasteiger partial charge < -0.3 is 10.0 Å². The largest absolute Gasteiger partial charge is 0.395 e. The van der Waals surface area contributed by atoms with E-state index < -0.39 is 0 Å². The number of fused-ring (bicyclic) bond motifs is 1. The molecule has 4 atom stereocenters. The van der Waals surface area contributed by atoms with Crippen molar-refractivity contribution in [2.75, 3.05) is 26.2 Å². The number of nitrogens with zero attached hydrogens (tertiary/aromatic N) is 1. The lowest BCUT2D eigenvalue weighted by Crippen LogP contribution is -2.35. The van der Waals surface area contributed by atoms with Gasteiger partial charge in [-0.1, -0.05) is 12.2 Å². The zero-order valence-corrected chi connectivity index (χ0v) is 8.60. The predicted molar refractivity (Wildman–Crippen MR) is 55.9 cm³/mol. The number of rotatable bonds is 2. The van der Waals surface area contributed by atoms with Crippen LogP contribution in [0.4, 0.5) is 0 Å². The molecular formula is C12H19NO. The molecule has 4 unspecified atom stereocenters. The predicted octanol–water partition coefficient (Wildman–Crippen LogP) is 1.12. The van der Waals surface area contributed by atoms with E-state index in [1.165, 1.54) is 25.9 Å². The number of hydrogen-bond donors (Lipinski definition) is 1. The van der Waals surface area contributed by atoms with Crippen molar-refractivity contribution in [2.24, 2.45) is 23.7 Å². The lowest BCUT2D eigenvalue weighted by Gasteiger charge is -2.40. The first-order valence-electron chi connectivity index (χ1n) is 5.90. The Balaban J connectivity index is 1.75. The second-order valence-corrected chi connectivity index (χ2v) is 5.10. The zero-order chi connectivity index (χ0) is 9.54.